The Bertz CT molecular complexity index is 1180. The number of ketones is 1. The number of aromatic hydroxyl groups is 1. The fourth-order valence-electron chi connectivity index (χ4n) is 3.39. The van der Waals surface area contributed by atoms with Gasteiger partial charge in [-0.15, -0.1) is 0 Å². The molecule has 1 aliphatic heterocycles. The van der Waals surface area contributed by atoms with Gasteiger partial charge in [-0.1, -0.05) is 29.3 Å². The van der Waals surface area contributed by atoms with E-state index in [0.717, 1.165) is 4.90 Å². The summed E-state index contributed by atoms with van der Waals surface area (Å²) in [7, 11) is 0. The van der Waals surface area contributed by atoms with Crippen molar-refractivity contribution in [3.8, 4) is 5.75 Å². The van der Waals surface area contributed by atoms with Gasteiger partial charge in [-0.05, 0) is 54.1 Å². The second-order valence-electron chi connectivity index (χ2n) is 6.60. The van der Waals surface area contributed by atoms with Crippen molar-refractivity contribution in [1.82, 2.24) is 4.98 Å². The number of amides is 1. The number of benzene rings is 2. The molecule has 0 spiro atoms. The van der Waals surface area contributed by atoms with Gasteiger partial charge in [0.15, 0.2) is 0 Å². The molecule has 0 radical (unpaired) electrons. The van der Waals surface area contributed by atoms with Gasteiger partial charge in [-0.25, -0.2) is 0 Å². The van der Waals surface area contributed by atoms with Crippen molar-refractivity contribution in [2.75, 3.05) is 4.90 Å². The molecule has 0 saturated carbocycles. The number of carbonyl (C=O) groups is 2. The lowest BCUT2D eigenvalue weighted by molar-refractivity contribution is -0.132. The normalized spacial score (nSPS) is 18.1. The monoisotopic (exact) mass is 440 g/mol. The summed E-state index contributed by atoms with van der Waals surface area (Å²) in [5.74, 6) is -2.39. The summed E-state index contributed by atoms with van der Waals surface area (Å²) in [5.41, 5.74) is 0.719. The summed E-state index contributed by atoms with van der Waals surface area (Å²) in [6.45, 7) is 0. The molecule has 1 saturated heterocycles. The van der Waals surface area contributed by atoms with Crippen molar-refractivity contribution in [3.63, 3.8) is 0 Å². The Morgan fingerprint density at radius 2 is 1.70 bits per heavy atom. The van der Waals surface area contributed by atoms with Gasteiger partial charge in [0.2, 0.25) is 0 Å². The molecule has 0 aliphatic carbocycles. The SMILES string of the molecule is O=C1C(=O)N(c2cc(Cl)ccc2O)C(c2cccnc2)/C1=C(\O)c1ccc(Cl)cc1. The van der Waals surface area contributed by atoms with Crippen LogP contribution in [0.5, 0.6) is 5.75 Å². The molecule has 1 aliphatic rings. The number of aromatic nitrogens is 1. The zero-order valence-electron chi connectivity index (χ0n) is 15.3. The molecule has 6 nitrogen and oxygen atoms in total. The fraction of sp³-hybridized carbons (Fsp3) is 0.0455. The molecule has 3 aromatic rings. The smallest absolute Gasteiger partial charge is 0.300 e. The molecule has 4 rings (SSSR count). The number of aliphatic hydroxyl groups excluding tert-OH is 1. The average molecular weight is 441 g/mol. The predicted octanol–water partition coefficient (Wildman–Crippen LogP) is 4.72. The van der Waals surface area contributed by atoms with E-state index in [4.69, 9.17) is 23.2 Å². The van der Waals surface area contributed by atoms with Crippen LogP contribution in [0.3, 0.4) is 0 Å². The number of anilines is 1. The van der Waals surface area contributed by atoms with E-state index in [9.17, 15) is 19.8 Å². The number of carbonyl (C=O) groups excluding carboxylic acids is 2. The third kappa shape index (κ3) is 3.40. The van der Waals surface area contributed by atoms with Crippen LogP contribution in [0.4, 0.5) is 5.69 Å². The van der Waals surface area contributed by atoms with E-state index in [1.807, 2.05) is 0 Å². The lowest BCUT2D eigenvalue weighted by Crippen LogP contribution is -2.29. The zero-order valence-corrected chi connectivity index (χ0v) is 16.8. The fourth-order valence-corrected chi connectivity index (χ4v) is 3.68. The lowest BCUT2D eigenvalue weighted by Gasteiger charge is -2.25. The van der Waals surface area contributed by atoms with Gasteiger partial charge in [0.25, 0.3) is 11.7 Å². The second kappa shape index (κ2) is 7.82. The first-order valence-corrected chi connectivity index (χ1v) is 9.59. The van der Waals surface area contributed by atoms with Crippen LogP contribution in [0.25, 0.3) is 5.76 Å². The molecule has 150 valence electrons. The number of pyridine rings is 1. The first kappa shape index (κ1) is 19.9. The molecule has 8 heteroatoms. The third-order valence-electron chi connectivity index (χ3n) is 4.76. The number of phenols is 1. The maximum absolute atomic E-state index is 13.0. The van der Waals surface area contributed by atoms with Gasteiger partial charge in [-0.2, -0.15) is 0 Å². The quantitative estimate of drug-likeness (QED) is 0.349. The zero-order chi connectivity index (χ0) is 21.4. The summed E-state index contributed by atoms with van der Waals surface area (Å²) in [5, 5.41) is 22.0. The Morgan fingerprint density at radius 3 is 2.37 bits per heavy atom. The van der Waals surface area contributed by atoms with E-state index in [0.29, 0.717) is 16.1 Å². The van der Waals surface area contributed by atoms with Crippen molar-refractivity contribution in [2.24, 2.45) is 0 Å². The molecule has 2 heterocycles. The van der Waals surface area contributed by atoms with Crippen LogP contribution < -0.4 is 4.90 Å². The summed E-state index contributed by atoms with van der Waals surface area (Å²) in [4.78, 5) is 31.1. The van der Waals surface area contributed by atoms with Crippen molar-refractivity contribution < 1.29 is 19.8 Å². The number of aliphatic hydroxyl groups is 1. The van der Waals surface area contributed by atoms with E-state index < -0.39 is 17.7 Å². The Kier molecular flexibility index (Phi) is 5.20. The molecule has 1 unspecified atom stereocenters. The number of halogens is 2. The largest absolute Gasteiger partial charge is 0.507 e. The van der Waals surface area contributed by atoms with E-state index in [1.165, 1.54) is 24.4 Å². The van der Waals surface area contributed by atoms with Crippen molar-refractivity contribution in [2.45, 2.75) is 6.04 Å². The van der Waals surface area contributed by atoms with Crippen molar-refractivity contribution >= 4 is 46.3 Å². The standard InChI is InChI=1S/C22H14Cl2N2O4/c23-14-5-3-12(4-6-14)20(28)18-19(13-2-1-9-25-11-13)26(22(30)21(18)29)16-10-15(24)7-8-17(16)27/h1-11,19,27-28H/b20-18+. The van der Waals surface area contributed by atoms with Gasteiger partial charge in [0.1, 0.15) is 11.5 Å². The summed E-state index contributed by atoms with van der Waals surface area (Å²) < 4.78 is 0. The molecular weight excluding hydrogens is 427 g/mol. The minimum absolute atomic E-state index is 0.0496. The second-order valence-corrected chi connectivity index (χ2v) is 7.47. The highest BCUT2D eigenvalue weighted by Gasteiger charge is 2.47. The van der Waals surface area contributed by atoms with Crippen LogP contribution in [-0.4, -0.2) is 26.9 Å². The molecular formula is C22H14Cl2N2O4. The van der Waals surface area contributed by atoms with Gasteiger partial charge < -0.3 is 10.2 Å². The topological polar surface area (TPSA) is 90.7 Å². The molecule has 30 heavy (non-hydrogen) atoms. The van der Waals surface area contributed by atoms with Crippen LogP contribution >= 0.6 is 23.2 Å². The van der Waals surface area contributed by atoms with Crippen LogP contribution in [0.2, 0.25) is 10.0 Å². The Hall–Kier alpha value is -3.35. The number of phenolic OH excluding ortho intramolecular Hbond substituents is 1. The lowest BCUT2D eigenvalue weighted by atomic mass is 9.96. The highest BCUT2D eigenvalue weighted by molar-refractivity contribution is 6.52. The van der Waals surface area contributed by atoms with Gasteiger partial charge in [-0.3, -0.25) is 19.5 Å². The molecule has 1 fully saturated rings. The molecule has 1 atom stereocenters. The number of rotatable bonds is 3. The summed E-state index contributed by atoms with van der Waals surface area (Å²) >= 11 is 12.0. The van der Waals surface area contributed by atoms with Crippen LogP contribution in [0.15, 0.2) is 72.6 Å². The summed E-state index contributed by atoms with van der Waals surface area (Å²) in [6.07, 6.45) is 3.03. The number of hydrogen-bond donors (Lipinski definition) is 2. The van der Waals surface area contributed by atoms with Crippen LogP contribution in [0.1, 0.15) is 17.2 Å². The minimum Gasteiger partial charge on any atom is -0.507 e. The minimum atomic E-state index is -1.02. The van der Waals surface area contributed by atoms with Crippen molar-refractivity contribution in [1.29, 1.82) is 0 Å². The van der Waals surface area contributed by atoms with E-state index in [2.05, 4.69) is 4.98 Å². The Labute approximate surface area is 181 Å². The Morgan fingerprint density at radius 1 is 1.00 bits per heavy atom. The molecule has 1 aromatic heterocycles. The maximum Gasteiger partial charge on any atom is 0.300 e. The highest BCUT2D eigenvalue weighted by Crippen LogP contribution is 2.45. The highest BCUT2D eigenvalue weighted by atomic mass is 35.5. The maximum atomic E-state index is 13.0. The van der Waals surface area contributed by atoms with Gasteiger partial charge in [0.05, 0.1) is 17.3 Å². The van der Waals surface area contributed by atoms with E-state index in [1.54, 1.807) is 42.6 Å². The van der Waals surface area contributed by atoms with E-state index in [-0.39, 0.29) is 27.8 Å². The van der Waals surface area contributed by atoms with Gasteiger partial charge >= 0.3 is 0 Å². The molecule has 1 amide bonds. The third-order valence-corrected chi connectivity index (χ3v) is 5.25. The number of nitrogens with zero attached hydrogens (tertiary/aromatic N) is 2. The summed E-state index contributed by atoms with van der Waals surface area (Å²) in [6, 6.07) is 12.7. The van der Waals surface area contributed by atoms with Gasteiger partial charge in [0, 0.05) is 28.0 Å². The van der Waals surface area contributed by atoms with Crippen molar-refractivity contribution in [3.05, 3.63) is 93.7 Å². The van der Waals surface area contributed by atoms with E-state index >= 15 is 0 Å². The average Bonchev–Trinajstić information content (AvgIpc) is 3.01. The first-order chi connectivity index (χ1) is 14.4. The first-order valence-electron chi connectivity index (χ1n) is 8.84. The Balaban J connectivity index is 1.97. The number of Topliss-reactive ketones (excluding diaryl/α,β-unsaturated/α-hetero) is 1. The van der Waals surface area contributed by atoms with Crippen LogP contribution in [-0.2, 0) is 9.59 Å². The predicted molar refractivity (Wildman–Crippen MR) is 114 cm³/mol. The molecule has 2 aromatic carbocycles. The van der Waals surface area contributed by atoms with Crippen LogP contribution in [0, 0.1) is 0 Å². The molecule has 0 bridgehead atoms. The number of hydrogen-bond acceptors (Lipinski definition) is 5. The molecule has 2 N–H and O–H groups in total.